The van der Waals surface area contributed by atoms with Gasteiger partial charge in [-0.3, -0.25) is 9.69 Å². The van der Waals surface area contributed by atoms with Gasteiger partial charge in [0.1, 0.15) is 5.82 Å². The van der Waals surface area contributed by atoms with Crippen LogP contribution in [0.1, 0.15) is 0 Å². The molecule has 1 saturated heterocycles. The highest BCUT2D eigenvalue weighted by Crippen LogP contribution is 2.12. The number of aromatic nitrogens is 1. The molecule has 1 aromatic rings. The molecule has 2 rings (SSSR count). The van der Waals surface area contributed by atoms with Crippen LogP contribution in [-0.2, 0) is 4.79 Å². The highest BCUT2D eigenvalue weighted by molar-refractivity contribution is 9.10. The number of carbonyl (C=O) groups is 1. The fourth-order valence-electron chi connectivity index (χ4n) is 2.12. The predicted molar refractivity (Wildman–Crippen MR) is 84.8 cm³/mol. The maximum absolute atomic E-state index is 11.8. The zero-order valence-corrected chi connectivity index (χ0v) is 13.5. The number of carbonyl (C=O) groups excluding carboxylic acids is 1. The minimum Gasteiger partial charge on any atom is -0.395 e. The van der Waals surface area contributed by atoms with Crippen LogP contribution in [0.4, 0.5) is 5.82 Å². The molecule has 21 heavy (non-hydrogen) atoms. The van der Waals surface area contributed by atoms with E-state index in [-0.39, 0.29) is 18.6 Å². The molecular weight excluding hydrogens is 336 g/mol. The van der Waals surface area contributed by atoms with Crippen molar-refractivity contribution in [2.24, 2.45) is 0 Å². The first-order chi connectivity index (χ1) is 10.1. The number of nitrogens with zero attached hydrogens (tertiary/aromatic N) is 3. The van der Waals surface area contributed by atoms with E-state index in [2.05, 4.69) is 31.1 Å². The lowest BCUT2D eigenvalue weighted by Crippen LogP contribution is -2.51. The van der Waals surface area contributed by atoms with Gasteiger partial charge >= 0.3 is 0 Å². The molecule has 1 aromatic heterocycles. The van der Waals surface area contributed by atoms with E-state index in [4.69, 9.17) is 0 Å². The summed E-state index contributed by atoms with van der Waals surface area (Å²) >= 11 is 3.33. The normalized spacial score (nSPS) is 20.0. The van der Waals surface area contributed by atoms with Crippen molar-refractivity contribution in [3.05, 3.63) is 35.1 Å². The average molecular weight is 355 g/mol. The lowest BCUT2D eigenvalue weighted by molar-refractivity contribution is -0.112. The molecule has 0 aliphatic carbocycles. The van der Waals surface area contributed by atoms with Gasteiger partial charge in [-0.2, -0.15) is 0 Å². The molecule has 0 bridgehead atoms. The standard InChI is InChI=1S/C14H19BrN4O2/c1-18-6-7-19(9-12(18)10-20)5-3-14(21)17-13-8-11(15)2-4-16-13/h2-5,8,12,20H,6-7,9-10H2,1H3,(H,16,17,21). The number of anilines is 1. The largest absolute Gasteiger partial charge is 0.395 e. The van der Waals surface area contributed by atoms with Crippen molar-refractivity contribution >= 4 is 27.7 Å². The molecule has 2 N–H and O–H groups in total. The third-order valence-corrected chi connectivity index (χ3v) is 3.92. The van der Waals surface area contributed by atoms with Crippen LogP contribution in [0.25, 0.3) is 0 Å². The highest BCUT2D eigenvalue weighted by Gasteiger charge is 2.21. The summed E-state index contributed by atoms with van der Waals surface area (Å²) in [5, 5.41) is 12.0. The van der Waals surface area contributed by atoms with Gasteiger partial charge in [-0.1, -0.05) is 15.9 Å². The second kappa shape index (κ2) is 7.53. The predicted octanol–water partition coefficient (Wildman–Crippen LogP) is 0.905. The van der Waals surface area contributed by atoms with E-state index in [1.54, 1.807) is 24.5 Å². The number of piperazine rings is 1. The van der Waals surface area contributed by atoms with Crippen molar-refractivity contribution < 1.29 is 9.90 Å². The van der Waals surface area contributed by atoms with E-state index < -0.39 is 0 Å². The molecule has 1 unspecified atom stereocenters. The molecular formula is C14H19BrN4O2. The maximum atomic E-state index is 11.8. The Morgan fingerprint density at radius 3 is 3.14 bits per heavy atom. The number of amides is 1. The lowest BCUT2D eigenvalue weighted by atomic mass is 10.2. The number of nitrogens with one attached hydrogen (secondary N) is 1. The number of aliphatic hydroxyl groups excluding tert-OH is 1. The summed E-state index contributed by atoms with van der Waals surface area (Å²) in [6, 6.07) is 3.65. The lowest BCUT2D eigenvalue weighted by Gasteiger charge is -2.38. The third-order valence-electron chi connectivity index (χ3n) is 3.43. The van der Waals surface area contributed by atoms with E-state index in [0.717, 1.165) is 17.6 Å². The maximum Gasteiger partial charge on any atom is 0.250 e. The second-order valence-corrected chi connectivity index (χ2v) is 5.89. The molecule has 0 aromatic carbocycles. The smallest absolute Gasteiger partial charge is 0.250 e. The van der Waals surface area contributed by atoms with E-state index in [0.29, 0.717) is 12.4 Å². The minimum absolute atomic E-state index is 0.109. The van der Waals surface area contributed by atoms with Crippen molar-refractivity contribution in [1.29, 1.82) is 0 Å². The number of halogens is 1. The van der Waals surface area contributed by atoms with Crippen molar-refractivity contribution in [3.63, 3.8) is 0 Å². The molecule has 0 saturated carbocycles. The van der Waals surface area contributed by atoms with E-state index in [9.17, 15) is 9.90 Å². The summed E-state index contributed by atoms with van der Waals surface area (Å²) in [5.74, 6) is 0.283. The van der Waals surface area contributed by atoms with Crippen LogP contribution in [0, 0.1) is 0 Å². The molecule has 0 spiro atoms. The number of pyridine rings is 1. The van der Waals surface area contributed by atoms with Gasteiger partial charge in [0.15, 0.2) is 0 Å². The zero-order chi connectivity index (χ0) is 15.2. The first-order valence-corrected chi connectivity index (χ1v) is 7.53. The van der Waals surface area contributed by atoms with Crippen LogP contribution in [0.5, 0.6) is 0 Å². The molecule has 7 heteroatoms. The quantitative estimate of drug-likeness (QED) is 0.786. The Morgan fingerprint density at radius 1 is 1.62 bits per heavy atom. The fraction of sp³-hybridized carbons (Fsp3) is 0.429. The summed E-state index contributed by atoms with van der Waals surface area (Å²) in [4.78, 5) is 20.1. The molecule has 1 aliphatic heterocycles. The Kier molecular flexibility index (Phi) is 5.72. The van der Waals surface area contributed by atoms with Crippen LogP contribution in [-0.4, -0.2) is 65.1 Å². The fourth-order valence-corrected chi connectivity index (χ4v) is 2.45. The number of hydrogen-bond acceptors (Lipinski definition) is 5. The molecule has 0 radical (unpaired) electrons. The van der Waals surface area contributed by atoms with Crippen LogP contribution in [0.15, 0.2) is 35.1 Å². The monoisotopic (exact) mass is 354 g/mol. The van der Waals surface area contributed by atoms with Gasteiger partial charge in [-0.15, -0.1) is 0 Å². The summed E-state index contributed by atoms with van der Waals surface area (Å²) in [6.45, 7) is 2.54. The summed E-state index contributed by atoms with van der Waals surface area (Å²) < 4.78 is 0.863. The van der Waals surface area contributed by atoms with Gasteiger partial charge in [0.2, 0.25) is 0 Å². The molecule has 1 amide bonds. The number of likely N-dealkylation sites (N-methyl/N-ethyl adjacent to an activating group) is 1. The zero-order valence-electron chi connectivity index (χ0n) is 11.9. The van der Waals surface area contributed by atoms with Crippen molar-refractivity contribution in [2.45, 2.75) is 6.04 Å². The van der Waals surface area contributed by atoms with Crippen molar-refractivity contribution in [1.82, 2.24) is 14.8 Å². The molecule has 1 atom stereocenters. The molecule has 6 nitrogen and oxygen atoms in total. The number of rotatable bonds is 4. The van der Waals surface area contributed by atoms with Gasteiger partial charge in [-0.25, -0.2) is 4.98 Å². The number of hydrogen-bond donors (Lipinski definition) is 2. The summed E-state index contributed by atoms with van der Waals surface area (Å²) in [6.07, 6.45) is 4.88. The number of aliphatic hydroxyl groups is 1. The van der Waals surface area contributed by atoms with Crippen LogP contribution in [0.3, 0.4) is 0 Å². The topological polar surface area (TPSA) is 68.7 Å². The van der Waals surface area contributed by atoms with Gasteiger partial charge in [0.05, 0.1) is 6.61 Å². The molecule has 2 heterocycles. The SMILES string of the molecule is CN1CCN(C=CC(=O)Nc2cc(Br)ccn2)CC1CO. The first kappa shape index (κ1) is 15.9. The molecule has 1 fully saturated rings. The Morgan fingerprint density at radius 2 is 2.43 bits per heavy atom. The van der Waals surface area contributed by atoms with Crippen molar-refractivity contribution in [2.75, 3.05) is 38.6 Å². The molecule has 1 aliphatic rings. The second-order valence-electron chi connectivity index (χ2n) is 4.98. The van der Waals surface area contributed by atoms with Gasteiger partial charge < -0.3 is 15.3 Å². The van der Waals surface area contributed by atoms with E-state index in [1.165, 1.54) is 6.08 Å². The Labute approximate surface area is 132 Å². The Bertz CT molecular complexity index is 523. The average Bonchev–Trinajstić information content (AvgIpc) is 2.46. The highest BCUT2D eigenvalue weighted by atomic mass is 79.9. The Hall–Kier alpha value is -1.44. The third kappa shape index (κ3) is 4.80. The Balaban J connectivity index is 1.87. The first-order valence-electron chi connectivity index (χ1n) is 6.74. The van der Waals surface area contributed by atoms with Gasteiger partial charge in [-0.05, 0) is 19.2 Å². The van der Waals surface area contributed by atoms with E-state index in [1.807, 2.05) is 11.9 Å². The van der Waals surface area contributed by atoms with Crippen molar-refractivity contribution in [3.8, 4) is 0 Å². The van der Waals surface area contributed by atoms with Crippen LogP contribution >= 0.6 is 15.9 Å². The summed E-state index contributed by atoms with van der Waals surface area (Å²) in [7, 11) is 1.99. The van der Waals surface area contributed by atoms with Gasteiger partial charge in [0, 0.05) is 48.6 Å². The van der Waals surface area contributed by atoms with Crippen LogP contribution < -0.4 is 5.32 Å². The minimum atomic E-state index is -0.222. The molecule has 114 valence electrons. The van der Waals surface area contributed by atoms with Gasteiger partial charge in [0.25, 0.3) is 5.91 Å². The summed E-state index contributed by atoms with van der Waals surface area (Å²) in [5.41, 5.74) is 0. The van der Waals surface area contributed by atoms with Crippen LogP contribution in [0.2, 0.25) is 0 Å². The van der Waals surface area contributed by atoms with E-state index >= 15 is 0 Å².